The van der Waals surface area contributed by atoms with Crippen LogP contribution in [-0.2, 0) is 0 Å². The second-order valence-electron chi connectivity index (χ2n) is 4.85. The number of hydrogen-bond acceptors (Lipinski definition) is 2. The van der Waals surface area contributed by atoms with Crippen molar-refractivity contribution in [3.8, 4) is 0 Å². The molecule has 0 aliphatic rings. The van der Waals surface area contributed by atoms with E-state index in [0.29, 0.717) is 12.6 Å². The summed E-state index contributed by atoms with van der Waals surface area (Å²) >= 11 is 0. The summed E-state index contributed by atoms with van der Waals surface area (Å²) in [7, 11) is 0. The lowest BCUT2D eigenvalue weighted by molar-refractivity contribution is 0.116. The Morgan fingerprint density at radius 3 is 2.33 bits per heavy atom. The predicted octanol–water partition coefficient (Wildman–Crippen LogP) is 2.93. The molecule has 1 N–H and O–H groups in total. The summed E-state index contributed by atoms with van der Waals surface area (Å²) in [5, 5.41) is 9.41. The zero-order valence-corrected chi connectivity index (χ0v) is 11.3. The zero-order chi connectivity index (χ0) is 13.5. The van der Waals surface area contributed by atoms with Gasteiger partial charge < -0.3 is 5.11 Å². The van der Waals surface area contributed by atoms with E-state index in [9.17, 15) is 9.50 Å². The van der Waals surface area contributed by atoms with Crippen molar-refractivity contribution in [1.29, 1.82) is 0 Å². The monoisotopic (exact) mass is 251 g/mol. The van der Waals surface area contributed by atoms with Gasteiger partial charge in [-0.1, -0.05) is 24.3 Å². The maximum absolute atomic E-state index is 12.7. The summed E-state index contributed by atoms with van der Waals surface area (Å²) in [5.41, 5.74) is 0.983. The minimum absolute atomic E-state index is 0.218. The van der Waals surface area contributed by atoms with E-state index in [-0.39, 0.29) is 11.9 Å². The van der Waals surface area contributed by atoms with Crippen molar-refractivity contribution in [2.45, 2.75) is 32.9 Å². The summed E-state index contributed by atoms with van der Waals surface area (Å²) < 4.78 is 12.7. The fourth-order valence-electron chi connectivity index (χ4n) is 1.73. The van der Waals surface area contributed by atoms with Gasteiger partial charge in [0.25, 0.3) is 0 Å². The molecule has 3 heteroatoms. The SMILES string of the molecule is CC(O)CN(C/C=C/c1ccc(F)cc1)C(C)C. The van der Waals surface area contributed by atoms with E-state index in [4.69, 9.17) is 0 Å². The minimum atomic E-state index is -0.327. The van der Waals surface area contributed by atoms with Gasteiger partial charge in [-0.15, -0.1) is 0 Å². The smallest absolute Gasteiger partial charge is 0.123 e. The Morgan fingerprint density at radius 1 is 1.22 bits per heavy atom. The van der Waals surface area contributed by atoms with Gasteiger partial charge in [0.2, 0.25) is 0 Å². The van der Waals surface area contributed by atoms with E-state index in [1.807, 2.05) is 12.2 Å². The molecule has 0 saturated heterocycles. The summed E-state index contributed by atoms with van der Waals surface area (Å²) in [6.07, 6.45) is 3.68. The van der Waals surface area contributed by atoms with Crippen LogP contribution in [-0.4, -0.2) is 35.2 Å². The quantitative estimate of drug-likeness (QED) is 0.840. The first-order valence-electron chi connectivity index (χ1n) is 6.33. The molecule has 0 saturated carbocycles. The second-order valence-corrected chi connectivity index (χ2v) is 4.85. The Hall–Kier alpha value is -1.19. The van der Waals surface area contributed by atoms with Crippen molar-refractivity contribution in [3.05, 3.63) is 41.7 Å². The van der Waals surface area contributed by atoms with Crippen LogP contribution in [0.5, 0.6) is 0 Å². The van der Waals surface area contributed by atoms with E-state index in [1.165, 1.54) is 12.1 Å². The number of aliphatic hydroxyl groups excluding tert-OH is 1. The molecule has 0 radical (unpaired) electrons. The van der Waals surface area contributed by atoms with Crippen LogP contribution in [0.4, 0.5) is 4.39 Å². The van der Waals surface area contributed by atoms with Gasteiger partial charge in [-0.25, -0.2) is 4.39 Å². The minimum Gasteiger partial charge on any atom is -0.392 e. The Kier molecular flexibility index (Phi) is 6.02. The normalized spacial score (nSPS) is 13.7. The van der Waals surface area contributed by atoms with Crippen molar-refractivity contribution in [2.24, 2.45) is 0 Å². The lowest BCUT2D eigenvalue weighted by Crippen LogP contribution is -2.36. The standard InChI is InChI=1S/C15H22FNO/c1-12(2)17(11-13(3)18)10-4-5-14-6-8-15(16)9-7-14/h4-9,12-13,18H,10-11H2,1-3H3/b5-4+. The lowest BCUT2D eigenvalue weighted by atomic mass is 10.2. The molecule has 0 amide bonds. The fraction of sp³-hybridized carbons (Fsp3) is 0.467. The molecule has 0 fully saturated rings. The topological polar surface area (TPSA) is 23.5 Å². The molecule has 1 rings (SSSR count). The van der Waals surface area contributed by atoms with Crippen molar-refractivity contribution in [2.75, 3.05) is 13.1 Å². The molecule has 1 unspecified atom stereocenters. The maximum Gasteiger partial charge on any atom is 0.123 e. The van der Waals surface area contributed by atoms with E-state index in [2.05, 4.69) is 18.7 Å². The van der Waals surface area contributed by atoms with Crippen LogP contribution >= 0.6 is 0 Å². The van der Waals surface area contributed by atoms with E-state index in [1.54, 1.807) is 19.1 Å². The highest BCUT2D eigenvalue weighted by atomic mass is 19.1. The Morgan fingerprint density at radius 2 is 1.83 bits per heavy atom. The largest absolute Gasteiger partial charge is 0.392 e. The lowest BCUT2D eigenvalue weighted by Gasteiger charge is -2.26. The van der Waals surface area contributed by atoms with Gasteiger partial charge in [0.05, 0.1) is 6.10 Å². The number of hydrogen-bond donors (Lipinski definition) is 1. The molecule has 100 valence electrons. The average Bonchev–Trinajstić information content (AvgIpc) is 2.29. The molecule has 0 bridgehead atoms. The van der Waals surface area contributed by atoms with Crippen molar-refractivity contribution >= 4 is 6.08 Å². The predicted molar refractivity (Wildman–Crippen MR) is 73.8 cm³/mol. The Balaban J connectivity index is 2.53. The summed E-state index contributed by atoms with van der Waals surface area (Å²) in [6, 6.07) is 6.80. The molecular weight excluding hydrogens is 229 g/mol. The van der Waals surface area contributed by atoms with Gasteiger partial charge >= 0.3 is 0 Å². The van der Waals surface area contributed by atoms with Gasteiger partial charge in [-0.05, 0) is 38.5 Å². The van der Waals surface area contributed by atoms with E-state index < -0.39 is 0 Å². The molecular formula is C15H22FNO. The third-order valence-corrected chi connectivity index (χ3v) is 2.75. The molecule has 0 heterocycles. The molecule has 1 atom stereocenters. The average molecular weight is 251 g/mol. The first-order valence-corrected chi connectivity index (χ1v) is 6.33. The van der Waals surface area contributed by atoms with Gasteiger partial charge in [-0.2, -0.15) is 0 Å². The van der Waals surface area contributed by atoms with Crippen LogP contribution in [0.3, 0.4) is 0 Å². The van der Waals surface area contributed by atoms with Crippen LogP contribution in [0, 0.1) is 5.82 Å². The van der Waals surface area contributed by atoms with Gasteiger partial charge in [0.15, 0.2) is 0 Å². The van der Waals surface area contributed by atoms with Crippen LogP contribution in [0.2, 0.25) is 0 Å². The van der Waals surface area contributed by atoms with Crippen molar-refractivity contribution in [3.63, 3.8) is 0 Å². The highest BCUT2D eigenvalue weighted by Gasteiger charge is 2.09. The highest BCUT2D eigenvalue weighted by Crippen LogP contribution is 2.06. The number of rotatable bonds is 6. The number of aliphatic hydroxyl groups is 1. The van der Waals surface area contributed by atoms with E-state index >= 15 is 0 Å². The summed E-state index contributed by atoms with van der Waals surface area (Å²) in [5.74, 6) is -0.218. The maximum atomic E-state index is 12.7. The third kappa shape index (κ3) is 5.43. The Labute approximate surface area is 109 Å². The van der Waals surface area contributed by atoms with Gasteiger partial charge in [0.1, 0.15) is 5.82 Å². The van der Waals surface area contributed by atoms with Crippen LogP contribution in [0.15, 0.2) is 30.3 Å². The highest BCUT2D eigenvalue weighted by molar-refractivity contribution is 5.48. The zero-order valence-electron chi connectivity index (χ0n) is 11.3. The van der Waals surface area contributed by atoms with Crippen LogP contribution in [0.25, 0.3) is 6.08 Å². The fourth-order valence-corrected chi connectivity index (χ4v) is 1.73. The molecule has 0 aromatic heterocycles. The number of benzene rings is 1. The number of halogens is 1. The summed E-state index contributed by atoms with van der Waals surface area (Å²) in [4.78, 5) is 2.19. The molecule has 18 heavy (non-hydrogen) atoms. The molecule has 2 nitrogen and oxygen atoms in total. The second kappa shape index (κ2) is 7.29. The molecule has 0 aliphatic carbocycles. The molecule has 0 spiro atoms. The Bertz CT molecular complexity index is 371. The van der Waals surface area contributed by atoms with Crippen molar-refractivity contribution < 1.29 is 9.50 Å². The van der Waals surface area contributed by atoms with Crippen LogP contribution < -0.4 is 0 Å². The van der Waals surface area contributed by atoms with Crippen LogP contribution in [0.1, 0.15) is 26.3 Å². The molecule has 0 aliphatic heterocycles. The first-order chi connectivity index (χ1) is 8.49. The first kappa shape index (κ1) is 14.9. The number of nitrogens with zero attached hydrogens (tertiary/aromatic N) is 1. The molecule has 1 aromatic rings. The third-order valence-electron chi connectivity index (χ3n) is 2.75. The summed E-state index contributed by atoms with van der Waals surface area (Å²) in [6.45, 7) is 7.44. The van der Waals surface area contributed by atoms with Gasteiger partial charge in [-0.3, -0.25) is 4.90 Å². The van der Waals surface area contributed by atoms with Crippen molar-refractivity contribution in [1.82, 2.24) is 4.90 Å². The molecule has 1 aromatic carbocycles. The van der Waals surface area contributed by atoms with Gasteiger partial charge in [0, 0.05) is 19.1 Å². The van der Waals surface area contributed by atoms with E-state index in [0.717, 1.165) is 12.1 Å².